The quantitative estimate of drug-likeness (QED) is 0.186. The zero-order valence-electron chi connectivity index (χ0n) is 28.0. The van der Waals surface area contributed by atoms with Crippen LogP contribution < -0.4 is 4.74 Å². The summed E-state index contributed by atoms with van der Waals surface area (Å²) in [5.41, 5.74) is 9.86. The molecular formula is C39H47N3O5. The highest BCUT2D eigenvalue weighted by Gasteiger charge is 2.38. The number of aromatic nitrogens is 1. The van der Waals surface area contributed by atoms with Crippen molar-refractivity contribution in [2.45, 2.75) is 65.0 Å². The van der Waals surface area contributed by atoms with Gasteiger partial charge in [-0.3, -0.25) is 14.6 Å². The Kier molecular flexibility index (Phi) is 9.35. The fraction of sp³-hybridized carbons (Fsp3) is 0.487. The summed E-state index contributed by atoms with van der Waals surface area (Å²) in [5.74, 6) is 2.14. The number of aliphatic carboxylic acids is 1. The first-order valence-corrected chi connectivity index (χ1v) is 17.3. The van der Waals surface area contributed by atoms with E-state index in [2.05, 4.69) is 60.0 Å². The van der Waals surface area contributed by atoms with Crippen molar-refractivity contribution in [1.29, 1.82) is 0 Å². The summed E-state index contributed by atoms with van der Waals surface area (Å²) in [6.07, 6.45) is 5.66. The van der Waals surface area contributed by atoms with E-state index >= 15 is 0 Å². The third-order valence-electron chi connectivity index (χ3n) is 10.8. The number of nitrogens with zero attached hydrogens (tertiary/aromatic N) is 3. The van der Waals surface area contributed by atoms with E-state index in [4.69, 9.17) is 18.9 Å². The van der Waals surface area contributed by atoms with Gasteiger partial charge < -0.3 is 19.0 Å². The first-order valence-electron chi connectivity index (χ1n) is 17.3. The molecule has 1 saturated carbocycles. The van der Waals surface area contributed by atoms with Crippen molar-refractivity contribution in [3.8, 4) is 28.3 Å². The molecular weight excluding hydrogens is 590 g/mol. The van der Waals surface area contributed by atoms with Crippen LogP contribution >= 0.6 is 0 Å². The summed E-state index contributed by atoms with van der Waals surface area (Å²) < 4.78 is 17.7. The van der Waals surface area contributed by atoms with Crippen LogP contribution in [-0.2, 0) is 22.5 Å². The van der Waals surface area contributed by atoms with Crippen LogP contribution in [-0.4, -0.2) is 78.4 Å². The molecule has 8 heteroatoms. The maximum atomic E-state index is 11.5. The Morgan fingerprint density at radius 3 is 2.51 bits per heavy atom. The minimum atomic E-state index is -0.749. The van der Waals surface area contributed by atoms with E-state index in [0.717, 1.165) is 98.3 Å². The van der Waals surface area contributed by atoms with Crippen molar-refractivity contribution in [2.24, 2.45) is 11.8 Å². The summed E-state index contributed by atoms with van der Waals surface area (Å²) in [5, 5.41) is 9.46. The SMILES string of the molecule is COc1cc2oc(-c3cccc(-c4cccc(CC5CC5CN5CCOCC5)c4C)c3C)nc2cc1CN1CCCCC1CC(=O)O. The number of likely N-dealkylation sites (tertiary alicyclic amines) is 1. The van der Waals surface area contributed by atoms with Gasteiger partial charge in [-0.05, 0) is 97.9 Å². The van der Waals surface area contributed by atoms with E-state index in [-0.39, 0.29) is 12.5 Å². The normalized spacial score (nSPS) is 22.1. The maximum Gasteiger partial charge on any atom is 0.304 e. The van der Waals surface area contributed by atoms with E-state index in [9.17, 15) is 9.90 Å². The number of benzene rings is 3. The van der Waals surface area contributed by atoms with E-state index in [1.54, 1.807) is 7.11 Å². The lowest BCUT2D eigenvalue weighted by atomic mass is 9.90. The molecule has 3 aromatic carbocycles. The van der Waals surface area contributed by atoms with Crippen LogP contribution in [0.3, 0.4) is 0 Å². The van der Waals surface area contributed by atoms with Gasteiger partial charge in [0.2, 0.25) is 5.89 Å². The first kappa shape index (κ1) is 31.9. The molecule has 2 aliphatic heterocycles. The Bertz CT molecular complexity index is 1740. The highest BCUT2D eigenvalue weighted by atomic mass is 16.5. The minimum Gasteiger partial charge on any atom is -0.496 e. The molecule has 3 heterocycles. The Balaban J connectivity index is 1.12. The smallest absolute Gasteiger partial charge is 0.304 e. The van der Waals surface area contributed by atoms with Crippen molar-refractivity contribution in [3.05, 3.63) is 70.8 Å². The molecule has 4 aromatic rings. The molecule has 8 nitrogen and oxygen atoms in total. The van der Waals surface area contributed by atoms with Gasteiger partial charge in [-0.2, -0.15) is 0 Å². The fourth-order valence-electron chi connectivity index (χ4n) is 7.88. The monoisotopic (exact) mass is 637 g/mol. The third-order valence-corrected chi connectivity index (χ3v) is 10.8. The summed E-state index contributed by atoms with van der Waals surface area (Å²) in [6, 6.07) is 17.2. The Labute approximate surface area is 277 Å². The topological polar surface area (TPSA) is 88.3 Å². The zero-order chi connectivity index (χ0) is 32.5. The van der Waals surface area contributed by atoms with Gasteiger partial charge >= 0.3 is 5.97 Å². The number of hydrogen-bond acceptors (Lipinski definition) is 7. The molecule has 3 unspecified atom stereocenters. The summed E-state index contributed by atoms with van der Waals surface area (Å²) in [4.78, 5) is 21.3. The number of carbonyl (C=O) groups is 1. The van der Waals surface area contributed by atoms with Gasteiger partial charge in [0, 0.05) is 49.4 Å². The Morgan fingerprint density at radius 2 is 1.72 bits per heavy atom. The van der Waals surface area contributed by atoms with Crippen LogP contribution in [0, 0.1) is 25.7 Å². The van der Waals surface area contributed by atoms with E-state index < -0.39 is 5.97 Å². The molecule has 0 radical (unpaired) electrons. The van der Waals surface area contributed by atoms with Gasteiger partial charge in [-0.25, -0.2) is 4.98 Å². The maximum absolute atomic E-state index is 11.5. The predicted molar refractivity (Wildman–Crippen MR) is 184 cm³/mol. The summed E-state index contributed by atoms with van der Waals surface area (Å²) in [7, 11) is 1.67. The number of fused-ring (bicyclic) bond motifs is 1. The van der Waals surface area contributed by atoms with Gasteiger partial charge in [0.25, 0.3) is 0 Å². The number of carboxylic acid groups (broad SMARTS) is 1. The molecule has 1 aromatic heterocycles. The molecule has 7 rings (SSSR count). The molecule has 2 saturated heterocycles. The van der Waals surface area contributed by atoms with E-state index in [1.807, 2.05) is 12.1 Å². The average molecular weight is 638 g/mol. The van der Waals surface area contributed by atoms with Crippen LogP contribution in [0.1, 0.15) is 54.4 Å². The average Bonchev–Trinajstić information content (AvgIpc) is 3.66. The van der Waals surface area contributed by atoms with E-state index in [1.165, 1.54) is 35.2 Å². The van der Waals surface area contributed by atoms with Crippen LogP contribution in [0.25, 0.3) is 33.7 Å². The van der Waals surface area contributed by atoms with Crippen molar-refractivity contribution in [2.75, 3.05) is 46.5 Å². The lowest BCUT2D eigenvalue weighted by Crippen LogP contribution is -2.40. The number of methoxy groups -OCH3 is 1. The van der Waals surface area contributed by atoms with Crippen LogP contribution in [0.5, 0.6) is 5.75 Å². The number of hydrogen-bond donors (Lipinski definition) is 1. The number of piperidine rings is 1. The zero-order valence-corrected chi connectivity index (χ0v) is 28.0. The van der Waals surface area contributed by atoms with Gasteiger partial charge in [0.05, 0.1) is 26.7 Å². The standard InChI is InChI=1S/C39H47N3O5/c1-25-27(18-28-19-29(28)23-41-14-16-46-17-15-41)8-6-10-32(25)33-11-7-12-34(26(33)2)39-40-35-20-30(36(45-3)22-37(35)47-39)24-42-13-5-4-9-31(42)21-38(43)44/h6-8,10-12,20,22,28-29,31H,4-5,9,13-19,21,23-24H2,1-3H3,(H,43,44). The fourth-order valence-corrected chi connectivity index (χ4v) is 7.88. The number of rotatable bonds is 11. The van der Waals surface area contributed by atoms with Crippen LogP contribution in [0.2, 0.25) is 0 Å². The van der Waals surface area contributed by atoms with Crippen molar-refractivity contribution in [3.63, 3.8) is 0 Å². The molecule has 0 bridgehead atoms. The molecule has 0 amide bonds. The lowest BCUT2D eigenvalue weighted by Gasteiger charge is -2.35. The highest BCUT2D eigenvalue weighted by molar-refractivity contribution is 5.82. The molecule has 47 heavy (non-hydrogen) atoms. The molecule has 3 atom stereocenters. The lowest BCUT2D eigenvalue weighted by molar-refractivity contribution is -0.138. The third kappa shape index (κ3) is 6.96. The van der Waals surface area contributed by atoms with Gasteiger partial charge in [0.1, 0.15) is 11.3 Å². The number of morpholine rings is 1. The van der Waals surface area contributed by atoms with Crippen LogP contribution in [0.4, 0.5) is 0 Å². The van der Waals surface area contributed by atoms with Crippen molar-refractivity contribution in [1.82, 2.24) is 14.8 Å². The number of ether oxygens (including phenoxy) is 2. The second kappa shape index (κ2) is 13.8. The number of carboxylic acids is 1. The van der Waals surface area contributed by atoms with Gasteiger partial charge in [-0.1, -0.05) is 36.8 Å². The second-order valence-electron chi connectivity index (χ2n) is 13.8. The van der Waals surface area contributed by atoms with Crippen molar-refractivity contribution >= 4 is 17.1 Å². The molecule has 1 aliphatic carbocycles. The second-order valence-corrected chi connectivity index (χ2v) is 13.8. The number of oxazole rings is 1. The Hall–Kier alpha value is -3.72. The van der Waals surface area contributed by atoms with Crippen LogP contribution in [0.15, 0.2) is 52.9 Å². The van der Waals surface area contributed by atoms with Gasteiger partial charge in [-0.15, -0.1) is 0 Å². The largest absolute Gasteiger partial charge is 0.496 e. The predicted octanol–water partition coefficient (Wildman–Crippen LogP) is 7.13. The molecule has 3 fully saturated rings. The summed E-state index contributed by atoms with van der Waals surface area (Å²) in [6.45, 7) is 11.0. The highest BCUT2D eigenvalue weighted by Crippen LogP contribution is 2.43. The molecule has 1 N–H and O–H groups in total. The van der Waals surface area contributed by atoms with E-state index in [0.29, 0.717) is 18.0 Å². The van der Waals surface area contributed by atoms with Gasteiger partial charge in [0.15, 0.2) is 5.58 Å². The van der Waals surface area contributed by atoms with Crippen molar-refractivity contribution < 1.29 is 23.8 Å². The first-order chi connectivity index (χ1) is 22.9. The molecule has 3 aliphatic rings. The Morgan fingerprint density at radius 1 is 0.957 bits per heavy atom. The minimum absolute atomic E-state index is 0.0302. The molecule has 0 spiro atoms. The molecule has 248 valence electrons. The summed E-state index contributed by atoms with van der Waals surface area (Å²) >= 11 is 0.